The predicted molar refractivity (Wildman–Crippen MR) is 88.4 cm³/mol. The summed E-state index contributed by atoms with van der Waals surface area (Å²) in [5, 5.41) is 13.5. The molecule has 21 heavy (non-hydrogen) atoms. The zero-order valence-electron chi connectivity index (χ0n) is 12.8. The molecule has 1 aromatic carbocycles. The first-order valence-corrected chi connectivity index (χ1v) is 8.49. The summed E-state index contributed by atoms with van der Waals surface area (Å²) in [7, 11) is 0. The Labute approximate surface area is 135 Å². The maximum absolute atomic E-state index is 12.3. The maximum atomic E-state index is 12.3. The second-order valence-corrected chi connectivity index (χ2v) is 7.13. The number of aryl methyl sites for hydroxylation is 1. The normalized spacial score (nSPS) is 25.6. The van der Waals surface area contributed by atoms with E-state index in [0.717, 1.165) is 41.6 Å². The van der Waals surface area contributed by atoms with Crippen LogP contribution in [-0.2, 0) is 0 Å². The summed E-state index contributed by atoms with van der Waals surface area (Å²) >= 11 is 3.39. The van der Waals surface area contributed by atoms with E-state index in [9.17, 15) is 9.90 Å². The van der Waals surface area contributed by atoms with Gasteiger partial charge in [-0.05, 0) is 56.2 Å². The smallest absolute Gasteiger partial charge is 0.251 e. The van der Waals surface area contributed by atoms with E-state index in [1.165, 1.54) is 6.42 Å². The fourth-order valence-corrected chi connectivity index (χ4v) is 3.34. The molecule has 0 radical (unpaired) electrons. The third-order valence-corrected chi connectivity index (χ3v) is 5.13. The third-order valence-electron chi connectivity index (χ3n) is 4.64. The molecule has 2 rings (SSSR count). The molecule has 1 fully saturated rings. The van der Waals surface area contributed by atoms with E-state index >= 15 is 0 Å². The van der Waals surface area contributed by atoms with Gasteiger partial charge in [-0.1, -0.05) is 35.3 Å². The number of carbonyl (C=O) groups is 1. The van der Waals surface area contributed by atoms with E-state index < -0.39 is 5.60 Å². The van der Waals surface area contributed by atoms with Crippen molar-refractivity contribution in [2.75, 3.05) is 6.54 Å². The molecule has 0 aromatic heterocycles. The number of amides is 1. The molecule has 1 aromatic rings. The molecule has 0 spiro atoms. The number of rotatable bonds is 4. The average molecular weight is 354 g/mol. The topological polar surface area (TPSA) is 49.3 Å². The summed E-state index contributed by atoms with van der Waals surface area (Å²) in [6, 6.07) is 5.66. The molecule has 2 N–H and O–H groups in total. The van der Waals surface area contributed by atoms with Gasteiger partial charge in [0.2, 0.25) is 0 Å². The highest BCUT2D eigenvalue weighted by molar-refractivity contribution is 9.10. The number of hydrogen-bond acceptors (Lipinski definition) is 2. The second-order valence-electron chi connectivity index (χ2n) is 6.22. The van der Waals surface area contributed by atoms with Crippen LogP contribution in [-0.4, -0.2) is 23.2 Å². The molecule has 0 aliphatic heterocycles. The van der Waals surface area contributed by atoms with E-state index in [0.29, 0.717) is 12.1 Å². The molecule has 1 aliphatic carbocycles. The Morgan fingerprint density at radius 3 is 2.71 bits per heavy atom. The first kappa shape index (κ1) is 16.5. The lowest BCUT2D eigenvalue weighted by atomic mass is 9.78. The molecular formula is C17H24BrNO2. The molecule has 0 atom stereocenters. The molecule has 4 heteroatoms. The number of hydrogen-bond donors (Lipinski definition) is 2. The number of nitrogens with one attached hydrogen (secondary N) is 1. The van der Waals surface area contributed by atoms with Crippen LogP contribution in [0.3, 0.4) is 0 Å². The molecule has 0 bridgehead atoms. The number of aliphatic hydroxyl groups is 1. The molecule has 0 heterocycles. The molecular weight excluding hydrogens is 330 g/mol. The summed E-state index contributed by atoms with van der Waals surface area (Å²) in [5.41, 5.74) is 0.869. The Bertz CT molecular complexity index is 508. The molecule has 1 aliphatic rings. The Hall–Kier alpha value is -0.870. The van der Waals surface area contributed by atoms with Gasteiger partial charge in [-0.2, -0.15) is 0 Å². The number of halogens is 1. The minimum absolute atomic E-state index is 0.111. The Balaban J connectivity index is 1.93. The van der Waals surface area contributed by atoms with Crippen molar-refractivity contribution in [1.29, 1.82) is 0 Å². The van der Waals surface area contributed by atoms with Crippen LogP contribution in [0.4, 0.5) is 0 Å². The predicted octanol–water partition coefficient (Wildman–Crippen LogP) is 3.82. The summed E-state index contributed by atoms with van der Waals surface area (Å²) < 4.78 is 0.889. The quantitative estimate of drug-likeness (QED) is 0.864. The molecule has 0 unspecified atom stereocenters. The van der Waals surface area contributed by atoms with E-state index in [2.05, 4.69) is 28.2 Å². The molecule has 1 saturated carbocycles. The van der Waals surface area contributed by atoms with Gasteiger partial charge < -0.3 is 10.4 Å². The molecule has 1 amide bonds. The van der Waals surface area contributed by atoms with Gasteiger partial charge in [0.25, 0.3) is 5.91 Å². The average Bonchev–Trinajstić information content (AvgIpc) is 2.48. The molecule has 3 nitrogen and oxygen atoms in total. The van der Waals surface area contributed by atoms with E-state index in [4.69, 9.17) is 0 Å². The van der Waals surface area contributed by atoms with Crippen LogP contribution in [0, 0.1) is 12.8 Å². The lowest BCUT2D eigenvalue weighted by molar-refractivity contribution is -0.00787. The highest BCUT2D eigenvalue weighted by Gasteiger charge is 2.33. The lowest BCUT2D eigenvalue weighted by Gasteiger charge is -2.35. The van der Waals surface area contributed by atoms with Crippen molar-refractivity contribution in [3.05, 3.63) is 33.8 Å². The Morgan fingerprint density at radius 2 is 2.10 bits per heavy atom. The van der Waals surface area contributed by atoms with Crippen LogP contribution in [0.2, 0.25) is 0 Å². The van der Waals surface area contributed by atoms with Gasteiger partial charge >= 0.3 is 0 Å². The van der Waals surface area contributed by atoms with Crippen LogP contribution in [0.5, 0.6) is 0 Å². The maximum Gasteiger partial charge on any atom is 0.251 e. The van der Waals surface area contributed by atoms with Crippen LogP contribution in [0.15, 0.2) is 22.7 Å². The van der Waals surface area contributed by atoms with Gasteiger partial charge in [0.05, 0.1) is 5.60 Å². The summed E-state index contributed by atoms with van der Waals surface area (Å²) in [5.74, 6) is 0.619. The molecule has 0 saturated heterocycles. The van der Waals surface area contributed by atoms with Crippen LogP contribution >= 0.6 is 15.9 Å². The number of benzene rings is 1. The van der Waals surface area contributed by atoms with Crippen molar-refractivity contribution >= 4 is 21.8 Å². The van der Waals surface area contributed by atoms with Crippen molar-refractivity contribution in [3.63, 3.8) is 0 Å². The zero-order chi connectivity index (χ0) is 15.5. The van der Waals surface area contributed by atoms with Gasteiger partial charge in [-0.3, -0.25) is 4.79 Å². The summed E-state index contributed by atoms with van der Waals surface area (Å²) in [4.78, 5) is 12.3. The minimum Gasteiger partial charge on any atom is -0.388 e. The first-order valence-electron chi connectivity index (χ1n) is 7.70. The van der Waals surface area contributed by atoms with Gasteiger partial charge in [0, 0.05) is 16.6 Å². The fourth-order valence-electron chi connectivity index (χ4n) is 2.98. The van der Waals surface area contributed by atoms with E-state index in [1.54, 1.807) is 0 Å². The standard InChI is InChI=1S/C17H24BrNO2/c1-3-13-6-8-17(21,9-7-13)11-19-16(20)15-10-14(18)5-4-12(15)2/h4-5,10,13,21H,3,6-9,11H2,1-2H3,(H,19,20). The SMILES string of the molecule is CCC1CCC(O)(CNC(=O)c2cc(Br)ccc2C)CC1. The third kappa shape index (κ3) is 4.30. The van der Waals surface area contributed by atoms with Crippen molar-refractivity contribution in [3.8, 4) is 0 Å². The van der Waals surface area contributed by atoms with Gasteiger partial charge in [0.1, 0.15) is 0 Å². The minimum atomic E-state index is -0.735. The van der Waals surface area contributed by atoms with Crippen molar-refractivity contribution in [1.82, 2.24) is 5.32 Å². The Kier molecular flexibility index (Phi) is 5.44. The second kappa shape index (κ2) is 6.93. The van der Waals surface area contributed by atoms with E-state index in [-0.39, 0.29) is 5.91 Å². The summed E-state index contributed by atoms with van der Waals surface area (Å²) in [6.07, 6.45) is 4.85. The largest absolute Gasteiger partial charge is 0.388 e. The summed E-state index contributed by atoms with van der Waals surface area (Å²) in [6.45, 7) is 4.46. The van der Waals surface area contributed by atoms with Gasteiger partial charge in [-0.15, -0.1) is 0 Å². The Morgan fingerprint density at radius 1 is 1.43 bits per heavy atom. The van der Waals surface area contributed by atoms with Crippen LogP contribution in [0.25, 0.3) is 0 Å². The monoisotopic (exact) mass is 353 g/mol. The van der Waals surface area contributed by atoms with Crippen molar-refractivity contribution in [2.45, 2.75) is 51.6 Å². The fraction of sp³-hybridized carbons (Fsp3) is 0.588. The van der Waals surface area contributed by atoms with E-state index in [1.807, 2.05) is 25.1 Å². The van der Waals surface area contributed by atoms with Crippen LogP contribution < -0.4 is 5.32 Å². The first-order chi connectivity index (χ1) is 9.93. The van der Waals surface area contributed by atoms with Crippen LogP contribution in [0.1, 0.15) is 54.9 Å². The van der Waals surface area contributed by atoms with Gasteiger partial charge in [0.15, 0.2) is 0 Å². The van der Waals surface area contributed by atoms with Crippen molar-refractivity contribution in [2.24, 2.45) is 5.92 Å². The van der Waals surface area contributed by atoms with Gasteiger partial charge in [-0.25, -0.2) is 0 Å². The highest BCUT2D eigenvalue weighted by atomic mass is 79.9. The zero-order valence-corrected chi connectivity index (χ0v) is 14.4. The van der Waals surface area contributed by atoms with Crippen molar-refractivity contribution < 1.29 is 9.90 Å². The lowest BCUT2D eigenvalue weighted by Crippen LogP contribution is -2.45. The number of carbonyl (C=O) groups excluding carboxylic acids is 1. The molecule has 116 valence electrons. The highest BCUT2D eigenvalue weighted by Crippen LogP contribution is 2.33.